The maximum atomic E-state index is 13.6. The van der Waals surface area contributed by atoms with Crippen LogP contribution in [0.5, 0.6) is 0 Å². The van der Waals surface area contributed by atoms with Crippen LogP contribution in [0, 0.1) is 17.7 Å². The molecule has 2 heterocycles. The van der Waals surface area contributed by atoms with Crippen molar-refractivity contribution in [2.45, 2.75) is 25.7 Å². The van der Waals surface area contributed by atoms with Crippen molar-refractivity contribution in [1.82, 2.24) is 15.1 Å². The molecule has 0 spiro atoms. The normalized spacial score (nSPS) is 21.1. The largest absolute Gasteiger partial charge is 0.356 e. The molecular formula is C30H34FN3O2. The highest BCUT2D eigenvalue weighted by Gasteiger charge is 2.41. The van der Waals surface area contributed by atoms with Crippen molar-refractivity contribution >= 4 is 22.6 Å². The van der Waals surface area contributed by atoms with E-state index < -0.39 is 0 Å². The number of nitrogens with one attached hydrogen (secondary N) is 1. The van der Waals surface area contributed by atoms with Gasteiger partial charge in [-0.05, 0) is 73.3 Å². The Labute approximate surface area is 212 Å². The number of hydrogen-bond acceptors (Lipinski definition) is 3. The smallest absolute Gasteiger partial charge is 0.254 e. The maximum Gasteiger partial charge on any atom is 0.254 e. The zero-order chi connectivity index (χ0) is 25.1. The molecule has 0 bridgehead atoms. The van der Waals surface area contributed by atoms with Crippen LogP contribution in [-0.2, 0) is 4.79 Å². The second-order valence-electron chi connectivity index (χ2n) is 10.1. The summed E-state index contributed by atoms with van der Waals surface area (Å²) in [6.07, 6.45) is 2.03. The number of nitrogens with zero attached hydrogens (tertiary/aromatic N) is 2. The third-order valence-electron chi connectivity index (χ3n) is 7.86. The monoisotopic (exact) mass is 487 g/mol. The molecule has 1 unspecified atom stereocenters. The molecule has 0 aromatic heterocycles. The van der Waals surface area contributed by atoms with Crippen molar-refractivity contribution in [3.05, 3.63) is 83.7 Å². The van der Waals surface area contributed by atoms with Gasteiger partial charge in [-0.2, -0.15) is 0 Å². The molecule has 3 aromatic rings. The number of halogens is 1. The lowest BCUT2D eigenvalue weighted by Crippen LogP contribution is -2.42. The summed E-state index contributed by atoms with van der Waals surface area (Å²) < 4.78 is 13.3. The number of piperidine rings is 1. The standard InChI is InChI=1S/C30H34FN3O2/c1-2-32-29(35)28-20-34(30(36)27-9-5-7-23-6-3-4-8-26(23)27)19-24(28)18-33-16-14-22(15-17-33)21-10-12-25(31)13-11-21/h3-13,22,24,28H,2,14-20H2,1H3,(H,32,35)/t24?,28-/m1/s1. The minimum absolute atomic E-state index is 0.00128. The molecule has 3 aromatic carbocycles. The van der Waals surface area contributed by atoms with Crippen LogP contribution in [-0.4, -0.2) is 60.9 Å². The summed E-state index contributed by atoms with van der Waals surface area (Å²) in [5, 5.41) is 4.99. The van der Waals surface area contributed by atoms with E-state index in [-0.39, 0.29) is 29.5 Å². The van der Waals surface area contributed by atoms with Crippen molar-refractivity contribution in [2.24, 2.45) is 11.8 Å². The Hall–Kier alpha value is -3.25. The van der Waals surface area contributed by atoms with Gasteiger partial charge in [0.05, 0.1) is 5.92 Å². The Morgan fingerprint density at radius 2 is 1.67 bits per heavy atom. The number of amides is 2. The van der Waals surface area contributed by atoms with Gasteiger partial charge in [-0.3, -0.25) is 9.59 Å². The van der Waals surface area contributed by atoms with Gasteiger partial charge >= 0.3 is 0 Å². The first kappa shape index (κ1) is 24.4. The number of hydrogen-bond donors (Lipinski definition) is 1. The van der Waals surface area contributed by atoms with Crippen LogP contribution >= 0.6 is 0 Å². The second-order valence-corrected chi connectivity index (χ2v) is 10.1. The molecule has 2 fully saturated rings. The van der Waals surface area contributed by atoms with Crippen LogP contribution in [0.2, 0.25) is 0 Å². The lowest BCUT2D eigenvalue weighted by molar-refractivity contribution is -0.125. The maximum absolute atomic E-state index is 13.6. The van der Waals surface area contributed by atoms with Crippen molar-refractivity contribution in [3.63, 3.8) is 0 Å². The van der Waals surface area contributed by atoms with Crippen LogP contribution in [0.25, 0.3) is 10.8 Å². The van der Waals surface area contributed by atoms with Crippen molar-refractivity contribution in [1.29, 1.82) is 0 Å². The third kappa shape index (κ3) is 5.14. The van der Waals surface area contributed by atoms with Crippen LogP contribution in [0.1, 0.15) is 41.6 Å². The summed E-state index contributed by atoms with van der Waals surface area (Å²) in [6, 6.07) is 20.7. The Bertz CT molecular complexity index is 1220. The number of likely N-dealkylation sites (tertiary alicyclic amines) is 2. The van der Waals surface area contributed by atoms with Gasteiger partial charge < -0.3 is 15.1 Å². The van der Waals surface area contributed by atoms with E-state index in [4.69, 9.17) is 0 Å². The van der Waals surface area contributed by atoms with Gasteiger partial charge in [0, 0.05) is 37.7 Å². The SMILES string of the molecule is CCNC(=O)[C@@H]1CN(C(=O)c2cccc3ccccc23)CC1CN1CCC(c2ccc(F)cc2)CC1. The van der Waals surface area contributed by atoms with E-state index >= 15 is 0 Å². The quantitative estimate of drug-likeness (QED) is 0.549. The molecular weight excluding hydrogens is 453 g/mol. The summed E-state index contributed by atoms with van der Waals surface area (Å²) >= 11 is 0. The van der Waals surface area contributed by atoms with Gasteiger partial charge in [-0.25, -0.2) is 4.39 Å². The van der Waals surface area contributed by atoms with E-state index in [1.54, 1.807) is 12.1 Å². The zero-order valence-corrected chi connectivity index (χ0v) is 20.8. The first-order valence-corrected chi connectivity index (χ1v) is 13.1. The predicted octanol–water partition coefficient (Wildman–Crippen LogP) is 4.68. The third-order valence-corrected chi connectivity index (χ3v) is 7.86. The summed E-state index contributed by atoms with van der Waals surface area (Å²) in [5.41, 5.74) is 1.90. The summed E-state index contributed by atoms with van der Waals surface area (Å²) in [6.45, 7) is 6.24. The Morgan fingerprint density at radius 3 is 2.42 bits per heavy atom. The van der Waals surface area contributed by atoms with Crippen LogP contribution in [0.4, 0.5) is 4.39 Å². The molecule has 36 heavy (non-hydrogen) atoms. The predicted molar refractivity (Wildman–Crippen MR) is 140 cm³/mol. The van der Waals surface area contributed by atoms with E-state index in [1.165, 1.54) is 5.56 Å². The highest BCUT2D eigenvalue weighted by molar-refractivity contribution is 6.07. The van der Waals surface area contributed by atoms with E-state index in [2.05, 4.69) is 10.2 Å². The lowest BCUT2D eigenvalue weighted by Gasteiger charge is -2.34. The molecule has 0 saturated carbocycles. The number of benzene rings is 3. The number of fused-ring (bicyclic) bond motifs is 1. The van der Waals surface area contributed by atoms with Gasteiger partial charge in [0.15, 0.2) is 0 Å². The van der Waals surface area contributed by atoms with Crippen LogP contribution in [0.15, 0.2) is 66.7 Å². The molecule has 2 saturated heterocycles. The minimum atomic E-state index is -0.210. The van der Waals surface area contributed by atoms with Gasteiger partial charge in [-0.15, -0.1) is 0 Å². The highest BCUT2D eigenvalue weighted by atomic mass is 19.1. The fourth-order valence-electron chi connectivity index (χ4n) is 5.92. The van der Waals surface area contributed by atoms with Crippen molar-refractivity contribution < 1.29 is 14.0 Å². The summed E-state index contributed by atoms with van der Waals surface area (Å²) in [7, 11) is 0. The molecule has 0 radical (unpaired) electrons. The molecule has 2 amide bonds. The zero-order valence-electron chi connectivity index (χ0n) is 20.8. The van der Waals surface area contributed by atoms with E-state index in [1.807, 2.05) is 66.4 Å². The van der Waals surface area contributed by atoms with Crippen molar-refractivity contribution in [3.8, 4) is 0 Å². The molecule has 6 heteroatoms. The van der Waals surface area contributed by atoms with Gasteiger partial charge in [0.2, 0.25) is 5.91 Å². The van der Waals surface area contributed by atoms with Crippen molar-refractivity contribution in [2.75, 3.05) is 39.3 Å². The average Bonchev–Trinajstić information content (AvgIpc) is 3.33. The molecule has 188 valence electrons. The van der Waals surface area contributed by atoms with E-state index in [9.17, 15) is 14.0 Å². The number of rotatable bonds is 6. The molecule has 2 aliphatic heterocycles. The average molecular weight is 488 g/mol. The molecule has 2 atom stereocenters. The molecule has 5 nitrogen and oxygen atoms in total. The summed E-state index contributed by atoms with van der Waals surface area (Å²) in [4.78, 5) is 30.9. The topological polar surface area (TPSA) is 52.7 Å². The number of carbonyl (C=O) groups excluding carboxylic acids is 2. The Balaban J connectivity index is 1.28. The molecule has 1 N–H and O–H groups in total. The highest BCUT2D eigenvalue weighted by Crippen LogP contribution is 2.32. The van der Waals surface area contributed by atoms with Crippen LogP contribution in [0.3, 0.4) is 0 Å². The molecule has 2 aliphatic rings. The lowest BCUT2D eigenvalue weighted by atomic mass is 9.88. The second kappa shape index (κ2) is 10.8. The summed E-state index contributed by atoms with van der Waals surface area (Å²) in [5.74, 6) is 0.164. The first-order valence-electron chi connectivity index (χ1n) is 13.1. The van der Waals surface area contributed by atoms with E-state index in [0.717, 1.165) is 43.2 Å². The molecule has 0 aliphatic carbocycles. The van der Waals surface area contributed by atoms with Gasteiger partial charge in [-0.1, -0.05) is 48.5 Å². The van der Waals surface area contributed by atoms with Gasteiger partial charge in [0.25, 0.3) is 5.91 Å². The molecule has 5 rings (SSSR count). The first-order chi connectivity index (χ1) is 17.5. The number of carbonyl (C=O) groups is 2. The minimum Gasteiger partial charge on any atom is -0.356 e. The van der Waals surface area contributed by atoms with Gasteiger partial charge in [0.1, 0.15) is 5.82 Å². The fraction of sp³-hybridized carbons (Fsp3) is 0.400. The Morgan fingerprint density at radius 1 is 0.944 bits per heavy atom. The van der Waals surface area contributed by atoms with E-state index in [0.29, 0.717) is 31.1 Å². The Kier molecular flexibility index (Phi) is 7.33. The van der Waals surface area contributed by atoms with Crippen LogP contribution < -0.4 is 5.32 Å². The fourth-order valence-corrected chi connectivity index (χ4v) is 5.92.